The van der Waals surface area contributed by atoms with Crippen LogP contribution in [0.3, 0.4) is 0 Å². The van der Waals surface area contributed by atoms with Gasteiger partial charge in [-0.1, -0.05) is 30.3 Å². The number of thiophene rings is 1. The first kappa shape index (κ1) is 15.7. The van der Waals surface area contributed by atoms with Crippen LogP contribution in [0.5, 0.6) is 0 Å². The van der Waals surface area contributed by atoms with Crippen molar-refractivity contribution in [2.24, 2.45) is 5.73 Å². The van der Waals surface area contributed by atoms with Crippen LogP contribution in [0.25, 0.3) is 0 Å². The van der Waals surface area contributed by atoms with Gasteiger partial charge in [0.1, 0.15) is 0 Å². The highest BCUT2D eigenvalue weighted by atomic mass is 79.9. The summed E-state index contributed by atoms with van der Waals surface area (Å²) in [5.41, 5.74) is 6.89. The predicted molar refractivity (Wildman–Crippen MR) is 85.3 cm³/mol. The highest BCUT2D eigenvalue weighted by Gasteiger charge is 2.20. The summed E-state index contributed by atoms with van der Waals surface area (Å²) in [6.45, 7) is 1.94. The lowest BCUT2D eigenvalue weighted by Gasteiger charge is -2.13. The Morgan fingerprint density at radius 3 is 2.55 bits per heavy atom. The SMILES string of the molecule is Cc1sc(Br)cc1S(=O)(=O)NCC(N)c1ccccc1. The van der Waals surface area contributed by atoms with Crippen molar-refractivity contribution in [3.05, 3.63) is 50.6 Å². The van der Waals surface area contributed by atoms with Crippen LogP contribution >= 0.6 is 27.3 Å². The van der Waals surface area contributed by atoms with Gasteiger partial charge in [-0.05, 0) is 34.5 Å². The molecule has 0 amide bonds. The molecule has 0 saturated carbocycles. The van der Waals surface area contributed by atoms with E-state index in [2.05, 4.69) is 20.7 Å². The summed E-state index contributed by atoms with van der Waals surface area (Å²) in [6.07, 6.45) is 0. The lowest BCUT2D eigenvalue weighted by molar-refractivity contribution is 0.572. The molecule has 1 heterocycles. The Balaban J connectivity index is 2.08. The van der Waals surface area contributed by atoms with Gasteiger partial charge in [0.15, 0.2) is 0 Å². The normalized spacial score (nSPS) is 13.3. The van der Waals surface area contributed by atoms with E-state index in [1.807, 2.05) is 30.3 Å². The minimum atomic E-state index is -3.52. The van der Waals surface area contributed by atoms with Gasteiger partial charge in [0.05, 0.1) is 8.68 Å². The number of nitrogens with one attached hydrogen (secondary N) is 1. The molecule has 4 nitrogen and oxygen atoms in total. The molecular weight excluding hydrogens is 360 g/mol. The van der Waals surface area contributed by atoms with E-state index >= 15 is 0 Å². The first-order valence-corrected chi connectivity index (χ1v) is 9.05. The molecule has 0 aliphatic carbocycles. The van der Waals surface area contributed by atoms with Crippen LogP contribution in [0.4, 0.5) is 0 Å². The van der Waals surface area contributed by atoms with E-state index in [0.717, 1.165) is 14.2 Å². The molecule has 0 saturated heterocycles. The Kier molecular flexibility index (Phi) is 4.98. The van der Waals surface area contributed by atoms with Crippen molar-refractivity contribution in [2.75, 3.05) is 6.54 Å². The highest BCUT2D eigenvalue weighted by Crippen LogP contribution is 2.29. The van der Waals surface area contributed by atoms with E-state index < -0.39 is 10.0 Å². The smallest absolute Gasteiger partial charge is 0.241 e. The van der Waals surface area contributed by atoms with Gasteiger partial charge >= 0.3 is 0 Å². The molecule has 1 unspecified atom stereocenters. The molecule has 0 bridgehead atoms. The van der Waals surface area contributed by atoms with Crippen molar-refractivity contribution in [2.45, 2.75) is 17.9 Å². The zero-order chi connectivity index (χ0) is 14.8. The summed E-state index contributed by atoms with van der Waals surface area (Å²) in [4.78, 5) is 1.05. The number of nitrogens with two attached hydrogens (primary N) is 1. The molecule has 7 heteroatoms. The molecule has 0 aliphatic rings. The van der Waals surface area contributed by atoms with Gasteiger partial charge in [0, 0.05) is 17.5 Å². The number of hydrogen-bond donors (Lipinski definition) is 2. The monoisotopic (exact) mass is 374 g/mol. The average molecular weight is 375 g/mol. The molecule has 3 N–H and O–H groups in total. The maximum atomic E-state index is 12.2. The van der Waals surface area contributed by atoms with E-state index in [1.54, 1.807) is 13.0 Å². The molecule has 0 aliphatic heterocycles. The summed E-state index contributed by atoms with van der Waals surface area (Å²) in [7, 11) is -3.52. The Labute approximate surface area is 131 Å². The third-order valence-corrected chi connectivity index (χ3v) is 6.09. The molecule has 0 radical (unpaired) electrons. The van der Waals surface area contributed by atoms with Crippen molar-refractivity contribution in [3.63, 3.8) is 0 Å². The third kappa shape index (κ3) is 3.67. The van der Waals surface area contributed by atoms with E-state index in [1.165, 1.54) is 11.3 Å². The zero-order valence-electron chi connectivity index (χ0n) is 10.8. The first-order chi connectivity index (χ1) is 9.40. The zero-order valence-corrected chi connectivity index (χ0v) is 14.1. The van der Waals surface area contributed by atoms with Crippen LogP contribution in [0, 0.1) is 6.92 Å². The van der Waals surface area contributed by atoms with E-state index in [9.17, 15) is 8.42 Å². The van der Waals surface area contributed by atoms with E-state index in [-0.39, 0.29) is 12.6 Å². The molecule has 1 atom stereocenters. The fourth-order valence-corrected chi connectivity index (χ4v) is 5.27. The number of aryl methyl sites for hydroxylation is 1. The Bertz CT molecular complexity index is 684. The number of sulfonamides is 1. The summed E-state index contributed by atoms with van der Waals surface area (Å²) < 4.78 is 27.8. The second kappa shape index (κ2) is 6.36. The Morgan fingerprint density at radius 2 is 2.00 bits per heavy atom. The van der Waals surface area contributed by atoms with Gasteiger partial charge in [-0.3, -0.25) is 0 Å². The van der Waals surface area contributed by atoms with Gasteiger partial charge in [-0.15, -0.1) is 11.3 Å². The lowest BCUT2D eigenvalue weighted by atomic mass is 10.1. The van der Waals surface area contributed by atoms with Crippen LogP contribution < -0.4 is 10.5 Å². The topological polar surface area (TPSA) is 72.2 Å². The van der Waals surface area contributed by atoms with E-state index in [0.29, 0.717) is 4.90 Å². The second-order valence-electron chi connectivity index (χ2n) is 4.34. The predicted octanol–water partition coefficient (Wildman–Crippen LogP) is 2.80. The molecule has 1 aromatic carbocycles. The maximum absolute atomic E-state index is 12.2. The number of hydrogen-bond acceptors (Lipinski definition) is 4. The first-order valence-electron chi connectivity index (χ1n) is 5.96. The van der Waals surface area contributed by atoms with Crippen LogP contribution in [-0.4, -0.2) is 15.0 Å². The van der Waals surface area contributed by atoms with Crippen molar-refractivity contribution in [3.8, 4) is 0 Å². The molecule has 2 rings (SSSR count). The van der Waals surface area contributed by atoms with Crippen molar-refractivity contribution >= 4 is 37.3 Å². The maximum Gasteiger partial charge on any atom is 0.241 e. The van der Waals surface area contributed by atoms with Gasteiger partial charge in [0.2, 0.25) is 10.0 Å². The Morgan fingerprint density at radius 1 is 1.35 bits per heavy atom. The molecule has 108 valence electrons. The largest absolute Gasteiger partial charge is 0.323 e. The van der Waals surface area contributed by atoms with Crippen LogP contribution in [0.1, 0.15) is 16.5 Å². The lowest BCUT2D eigenvalue weighted by Crippen LogP contribution is -2.32. The molecule has 0 spiro atoms. The minimum Gasteiger partial charge on any atom is -0.323 e. The van der Waals surface area contributed by atoms with Gasteiger partial charge in [-0.25, -0.2) is 13.1 Å². The standard InChI is InChI=1S/C13H15BrN2O2S2/c1-9-12(7-13(14)19-9)20(17,18)16-8-11(15)10-5-3-2-4-6-10/h2-7,11,16H,8,15H2,1H3. The summed E-state index contributed by atoms with van der Waals surface area (Å²) in [6, 6.07) is 10.7. The van der Waals surface area contributed by atoms with Crippen molar-refractivity contribution in [1.82, 2.24) is 4.72 Å². The Hall–Kier alpha value is -0.730. The highest BCUT2D eigenvalue weighted by molar-refractivity contribution is 9.11. The fourth-order valence-electron chi connectivity index (χ4n) is 1.79. The number of benzene rings is 1. The van der Waals surface area contributed by atoms with E-state index in [4.69, 9.17) is 5.73 Å². The summed E-state index contributed by atoms with van der Waals surface area (Å²) >= 11 is 4.69. The number of halogens is 1. The molecule has 2 aromatic rings. The van der Waals surface area contributed by atoms with Crippen molar-refractivity contribution < 1.29 is 8.42 Å². The molecule has 1 aromatic heterocycles. The average Bonchev–Trinajstić information content (AvgIpc) is 2.77. The van der Waals surface area contributed by atoms with Gasteiger partial charge in [0.25, 0.3) is 0 Å². The fraction of sp³-hybridized carbons (Fsp3) is 0.231. The van der Waals surface area contributed by atoms with Crippen LogP contribution in [0.15, 0.2) is 45.1 Å². The third-order valence-electron chi connectivity index (χ3n) is 2.85. The van der Waals surface area contributed by atoms with Crippen molar-refractivity contribution in [1.29, 1.82) is 0 Å². The van der Waals surface area contributed by atoms with Crippen LogP contribution in [-0.2, 0) is 10.0 Å². The minimum absolute atomic E-state index is 0.166. The van der Waals surface area contributed by atoms with Gasteiger partial charge < -0.3 is 5.73 Å². The molecule has 0 fully saturated rings. The van der Waals surface area contributed by atoms with Crippen LogP contribution in [0.2, 0.25) is 0 Å². The number of rotatable bonds is 5. The molecular formula is C13H15BrN2O2S2. The summed E-state index contributed by atoms with van der Waals surface area (Å²) in [5.74, 6) is 0. The summed E-state index contributed by atoms with van der Waals surface area (Å²) in [5, 5.41) is 0. The quantitative estimate of drug-likeness (QED) is 0.844. The van der Waals surface area contributed by atoms with Gasteiger partial charge in [-0.2, -0.15) is 0 Å². The molecule has 20 heavy (non-hydrogen) atoms. The second-order valence-corrected chi connectivity index (χ2v) is 8.71.